The lowest BCUT2D eigenvalue weighted by molar-refractivity contribution is -0.118. The number of aromatic nitrogens is 2. The largest absolute Gasteiger partial charge is 0.343 e. The Hall–Kier alpha value is -2.95. The molecular weight excluding hydrogens is 317 g/mol. The fourth-order valence-electron chi connectivity index (χ4n) is 2.77. The number of nitrogens with zero attached hydrogens (tertiary/aromatic N) is 2. The molecule has 1 N–H and O–H groups in total. The van der Waals surface area contributed by atoms with Gasteiger partial charge in [0, 0.05) is 11.1 Å². The van der Waals surface area contributed by atoms with E-state index in [2.05, 4.69) is 16.9 Å². The van der Waals surface area contributed by atoms with Gasteiger partial charge in [-0.3, -0.25) is 4.79 Å². The van der Waals surface area contributed by atoms with Gasteiger partial charge in [-0.2, -0.15) is 0 Å². The smallest absolute Gasteiger partial charge is 0.246 e. The third-order valence-electron chi connectivity index (χ3n) is 4.09. The molecule has 1 amide bonds. The van der Waals surface area contributed by atoms with Crippen molar-refractivity contribution in [3.05, 3.63) is 77.9 Å². The minimum absolute atomic E-state index is 0.225. The monoisotopic (exact) mass is 337 g/mol. The van der Waals surface area contributed by atoms with Gasteiger partial charge in [0.15, 0.2) is 0 Å². The Labute approximate surface area is 146 Å². The fraction of sp³-hybridized carbons (Fsp3) is 0.200. The molecule has 1 aromatic heterocycles. The van der Waals surface area contributed by atoms with Gasteiger partial charge in [0.2, 0.25) is 5.91 Å². The molecule has 128 valence electrons. The number of rotatable bonds is 5. The third kappa shape index (κ3) is 3.45. The number of hydrogen-bond donors (Lipinski definition) is 1. The summed E-state index contributed by atoms with van der Waals surface area (Å²) in [5.41, 5.74) is 2.72. The van der Waals surface area contributed by atoms with Gasteiger partial charge >= 0.3 is 0 Å². The molecule has 4 nitrogen and oxygen atoms in total. The zero-order valence-corrected chi connectivity index (χ0v) is 14.3. The Morgan fingerprint density at radius 2 is 1.92 bits per heavy atom. The van der Waals surface area contributed by atoms with Gasteiger partial charge in [0.05, 0.1) is 23.6 Å². The van der Waals surface area contributed by atoms with Crippen LogP contribution in [0.15, 0.2) is 60.7 Å². The second-order valence-electron chi connectivity index (χ2n) is 6.11. The van der Waals surface area contributed by atoms with E-state index in [1.54, 1.807) is 19.1 Å². The second kappa shape index (κ2) is 6.89. The van der Waals surface area contributed by atoms with Gasteiger partial charge in [-0.15, -0.1) is 0 Å². The first kappa shape index (κ1) is 16.9. The molecule has 0 radical (unpaired) electrons. The number of benzene rings is 2. The maximum Gasteiger partial charge on any atom is 0.246 e. The fourth-order valence-corrected chi connectivity index (χ4v) is 2.77. The van der Waals surface area contributed by atoms with E-state index in [0.717, 1.165) is 11.0 Å². The van der Waals surface area contributed by atoms with Gasteiger partial charge < -0.3 is 9.88 Å². The number of imidazole rings is 1. The van der Waals surface area contributed by atoms with Crippen molar-refractivity contribution in [2.45, 2.75) is 26.4 Å². The van der Waals surface area contributed by atoms with Crippen LogP contribution in [0.25, 0.3) is 11.0 Å². The number of carbonyl (C=O) groups is 1. The number of hydrogen-bond acceptors (Lipinski definition) is 2. The van der Waals surface area contributed by atoms with E-state index >= 15 is 0 Å². The topological polar surface area (TPSA) is 46.9 Å². The first-order valence-electron chi connectivity index (χ1n) is 8.12. The Kier molecular flexibility index (Phi) is 4.65. The minimum atomic E-state index is -0.330. The predicted molar refractivity (Wildman–Crippen MR) is 96.6 cm³/mol. The van der Waals surface area contributed by atoms with Crippen LogP contribution in [0.3, 0.4) is 0 Å². The van der Waals surface area contributed by atoms with Gasteiger partial charge in [0.25, 0.3) is 0 Å². The molecule has 5 heteroatoms. The maximum absolute atomic E-state index is 14.1. The molecule has 0 spiro atoms. The highest BCUT2D eigenvalue weighted by atomic mass is 19.1. The van der Waals surface area contributed by atoms with Crippen molar-refractivity contribution in [2.24, 2.45) is 0 Å². The highest BCUT2D eigenvalue weighted by Crippen LogP contribution is 2.23. The molecule has 25 heavy (non-hydrogen) atoms. The average Bonchev–Trinajstić information content (AvgIpc) is 2.95. The second-order valence-corrected chi connectivity index (χ2v) is 6.11. The minimum Gasteiger partial charge on any atom is -0.343 e. The molecule has 2 aromatic carbocycles. The summed E-state index contributed by atoms with van der Waals surface area (Å²) in [6.07, 6.45) is 0. The van der Waals surface area contributed by atoms with Crippen LogP contribution < -0.4 is 5.32 Å². The van der Waals surface area contributed by atoms with E-state index in [-0.39, 0.29) is 17.8 Å². The van der Waals surface area contributed by atoms with E-state index in [9.17, 15) is 9.18 Å². The zero-order chi connectivity index (χ0) is 18.0. The molecule has 1 unspecified atom stereocenters. The van der Waals surface area contributed by atoms with Crippen LogP contribution in [0.1, 0.15) is 31.3 Å². The first-order chi connectivity index (χ1) is 12.0. The summed E-state index contributed by atoms with van der Waals surface area (Å²) in [5, 5.41) is 2.88. The lowest BCUT2D eigenvalue weighted by Crippen LogP contribution is -2.29. The van der Waals surface area contributed by atoms with Crippen LogP contribution in [0.5, 0.6) is 0 Å². The molecule has 1 atom stereocenters. The Morgan fingerprint density at radius 1 is 1.24 bits per heavy atom. The van der Waals surface area contributed by atoms with E-state index in [1.165, 1.54) is 6.07 Å². The lowest BCUT2D eigenvalue weighted by atomic mass is 10.2. The lowest BCUT2D eigenvalue weighted by Gasteiger charge is -2.16. The summed E-state index contributed by atoms with van der Waals surface area (Å²) in [5.74, 6) is 0.195. The van der Waals surface area contributed by atoms with Crippen molar-refractivity contribution in [1.82, 2.24) is 14.9 Å². The Balaban J connectivity index is 2.04. The van der Waals surface area contributed by atoms with Crippen LogP contribution in [-0.4, -0.2) is 15.5 Å². The van der Waals surface area contributed by atoms with Gasteiger partial charge in [-0.05, 0) is 32.0 Å². The van der Waals surface area contributed by atoms with E-state index in [4.69, 9.17) is 0 Å². The number of carbonyl (C=O) groups excluding carboxylic acids is 1. The number of para-hydroxylation sites is 2. The highest BCUT2D eigenvalue weighted by molar-refractivity contribution is 5.92. The van der Waals surface area contributed by atoms with Crippen molar-refractivity contribution in [2.75, 3.05) is 0 Å². The summed E-state index contributed by atoms with van der Waals surface area (Å²) in [6.45, 7) is 7.52. The summed E-state index contributed by atoms with van der Waals surface area (Å²) in [4.78, 5) is 16.6. The van der Waals surface area contributed by atoms with Crippen LogP contribution in [0.2, 0.25) is 0 Å². The molecule has 0 fully saturated rings. The SMILES string of the molecule is C=C(C)C(=O)NC(C)c1nc2ccccc2n1Cc1ccccc1F. The van der Waals surface area contributed by atoms with Crippen molar-refractivity contribution < 1.29 is 9.18 Å². The Bertz CT molecular complexity index is 945. The van der Waals surface area contributed by atoms with Crippen LogP contribution in [0.4, 0.5) is 4.39 Å². The third-order valence-corrected chi connectivity index (χ3v) is 4.09. The van der Waals surface area contributed by atoms with E-state index in [0.29, 0.717) is 23.5 Å². The molecule has 1 heterocycles. The zero-order valence-electron chi connectivity index (χ0n) is 14.3. The standard InChI is InChI=1S/C20H20FN3O/c1-13(2)20(25)22-14(3)19-23-17-10-6-7-11-18(17)24(19)12-15-8-4-5-9-16(15)21/h4-11,14H,1,12H2,2-3H3,(H,22,25). The van der Waals surface area contributed by atoms with Gasteiger partial charge in [0.1, 0.15) is 11.6 Å². The maximum atomic E-state index is 14.1. The Morgan fingerprint density at radius 3 is 2.64 bits per heavy atom. The van der Waals surface area contributed by atoms with Gasteiger partial charge in [-0.1, -0.05) is 36.9 Å². The number of fused-ring (bicyclic) bond motifs is 1. The number of halogens is 1. The van der Waals surface area contributed by atoms with Crippen molar-refractivity contribution in [1.29, 1.82) is 0 Å². The molecule has 0 aliphatic rings. The molecule has 3 aromatic rings. The number of amides is 1. The van der Waals surface area contributed by atoms with Crippen LogP contribution in [-0.2, 0) is 11.3 Å². The molecule has 0 aliphatic carbocycles. The molecular formula is C20H20FN3O. The number of nitrogens with one attached hydrogen (secondary N) is 1. The average molecular weight is 337 g/mol. The molecule has 0 aliphatic heterocycles. The van der Waals surface area contributed by atoms with E-state index in [1.807, 2.05) is 41.8 Å². The van der Waals surface area contributed by atoms with E-state index < -0.39 is 0 Å². The highest BCUT2D eigenvalue weighted by Gasteiger charge is 2.19. The van der Waals surface area contributed by atoms with Crippen molar-refractivity contribution in [3.63, 3.8) is 0 Å². The normalized spacial score (nSPS) is 12.1. The molecule has 0 saturated carbocycles. The summed E-state index contributed by atoms with van der Waals surface area (Å²) in [6, 6.07) is 14.0. The quantitative estimate of drug-likeness (QED) is 0.716. The van der Waals surface area contributed by atoms with Gasteiger partial charge in [-0.25, -0.2) is 9.37 Å². The molecule has 0 bridgehead atoms. The van der Waals surface area contributed by atoms with Crippen LogP contribution >= 0.6 is 0 Å². The van der Waals surface area contributed by atoms with Crippen molar-refractivity contribution in [3.8, 4) is 0 Å². The van der Waals surface area contributed by atoms with Crippen LogP contribution in [0, 0.1) is 5.82 Å². The first-order valence-corrected chi connectivity index (χ1v) is 8.12. The molecule has 0 saturated heterocycles. The summed E-state index contributed by atoms with van der Waals surface area (Å²) >= 11 is 0. The molecule has 3 rings (SSSR count). The van der Waals surface area contributed by atoms with Crippen molar-refractivity contribution >= 4 is 16.9 Å². The summed E-state index contributed by atoms with van der Waals surface area (Å²) < 4.78 is 16.1. The predicted octanol–water partition coefficient (Wildman–Crippen LogP) is 3.98. The summed E-state index contributed by atoms with van der Waals surface area (Å²) in [7, 11) is 0.